The highest BCUT2D eigenvalue weighted by Crippen LogP contribution is 2.18. The summed E-state index contributed by atoms with van der Waals surface area (Å²) in [5, 5.41) is 8.93. The molecule has 0 aliphatic carbocycles. The predicted molar refractivity (Wildman–Crippen MR) is 49.6 cm³/mol. The molecule has 0 spiro atoms. The van der Waals surface area contributed by atoms with Gasteiger partial charge in [0.15, 0.2) is 5.69 Å². The first kappa shape index (κ1) is 8.22. The van der Waals surface area contributed by atoms with Crippen LogP contribution in [0, 0.1) is 0 Å². The minimum absolute atomic E-state index is 0.134. The van der Waals surface area contributed by atoms with Crippen LogP contribution in [0.2, 0.25) is 0 Å². The molecule has 0 amide bonds. The van der Waals surface area contributed by atoms with Crippen LogP contribution in [0.1, 0.15) is 21.9 Å². The summed E-state index contributed by atoms with van der Waals surface area (Å²) in [5.41, 5.74) is 1.93. The molecular weight excluding hydrogens is 196 g/mol. The van der Waals surface area contributed by atoms with E-state index in [4.69, 9.17) is 5.11 Å². The Hall–Kier alpha value is -2.11. The predicted octanol–water partition coefficient (Wildman–Crippen LogP) is 0.188. The maximum absolute atomic E-state index is 10.9. The van der Waals surface area contributed by atoms with Gasteiger partial charge in [0.2, 0.25) is 0 Å². The molecule has 1 N–H and O–H groups in total. The first-order valence-electron chi connectivity index (χ1n) is 4.52. The average molecular weight is 204 g/mol. The van der Waals surface area contributed by atoms with Crippen molar-refractivity contribution in [2.75, 3.05) is 0 Å². The number of aromatic nitrogens is 4. The highest BCUT2D eigenvalue weighted by molar-refractivity contribution is 5.86. The zero-order valence-corrected chi connectivity index (χ0v) is 7.79. The van der Waals surface area contributed by atoms with Crippen molar-refractivity contribution >= 4 is 5.97 Å². The molecule has 3 rings (SSSR count). The minimum Gasteiger partial charge on any atom is -0.476 e. The Morgan fingerprint density at radius 3 is 3.00 bits per heavy atom. The molecular formula is C9H8N4O2. The monoisotopic (exact) mass is 204 g/mol. The molecule has 1 aliphatic rings. The molecule has 0 bridgehead atoms. The van der Waals surface area contributed by atoms with Crippen LogP contribution in [-0.2, 0) is 13.1 Å². The van der Waals surface area contributed by atoms with Crippen molar-refractivity contribution in [3.63, 3.8) is 0 Å². The van der Waals surface area contributed by atoms with E-state index in [1.807, 2.05) is 9.13 Å². The van der Waals surface area contributed by atoms with E-state index in [0.29, 0.717) is 13.1 Å². The molecule has 0 saturated heterocycles. The third-order valence-electron chi connectivity index (χ3n) is 2.60. The summed E-state index contributed by atoms with van der Waals surface area (Å²) in [6, 6.07) is 0. The van der Waals surface area contributed by atoms with Crippen LogP contribution in [0.4, 0.5) is 0 Å². The number of imidazole rings is 2. The van der Waals surface area contributed by atoms with Gasteiger partial charge in [0.25, 0.3) is 0 Å². The molecule has 3 heterocycles. The number of nitrogens with zero attached hydrogens (tertiary/aromatic N) is 4. The summed E-state index contributed by atoms with van der Waals surface area (Å²) >= 11 is 0. The van der Waals surface area contributed by atoms with E-state index >= 15 is 0 Å². The van der Waals surface area contributed by atoms with Gasteiger partial charge in [-0.25, -0.2) is 14.8 Å². The number of carboxylic acid groups (broad SMARTS) is 1. The Morgan fingerprint density at radius 2 is 2.20 bits per heavy atom. The van der Waals surface area contributed by atoms with E-state index in [1.54, 1.807) is 18.9 Å². The second-order valence-electron chi connectivity index (χ2n) is 3.49. The second kappa shape index (κ2) is 2.69. The van der Waals surface area contributed by atoms with Crippen LogP contribution in [0.5, 0.6) is 0 Å². The lowest BCUT2D eigenvalue weighted by Gasteiger charge is -2.17. The van der Waals surface area contributed by atoms with Gasteiger partial charge in [-0.15, -0.1) is 0 Å². The standard InChI is InChI=1S/C9H8N4O2/c14-9(15)8-7-3-12-4-10-1-6(12)2-13(7)5-11-8/h1,4-5H,2-3H2,(H,14,15). The molecule has 0 fully saturated rings. The van der Waals surface area contributed by atoms with Gasteiger partial charge < -0.3 is 14.2 Å². The van der Waals surface area contributed by atoms with Crippen LogP contribution in [-0.4, -0.2) is 30.2 Å². The van der Waals surface area contributed by atoms with E-state index in [2.05, 4.69) is 9.97 Å². The number of hydrogen-bond donors (Lipinski definition) is 1. The number of rotatable bonds is 1. The van der Waals surface area contributed by atoms with Crippen molar-refractivity contribution in [2.24, 2.45) is 0 Å². The average Bonchev–Trinajstić information content (AvgIpc) is 2.77. The molecule has 0 aromatic carbocycles. The van der Waals surface area contributed by atoms with Gasteiger partial charge >= 0.3 is 5.97 Å². The first-order valence-corrected chi connectivity index (χ1v) is 4.52. The fraction of sp³-hybridized carbons (Fsp3) is 0.222. The lowest BCUT2D eigenvalue weighted by molar-refractivity contribution is 0.0689. The van der Waals surface area contributed by atoms with E-state index in [0.717, 1.165) is 11.4 Å². The van der Waals surface area contributed by atoms with Crippen LogP contribution in [0.15, 0.2) is 18.9 Å². The number of carboxylic acids is 1. The van der Waals surface area contributed by atoms with Gasteiger partial charge in [-0.05, 0) is 0 Å². The van der Waals surface area contributed by atoms with E-state index in [1.165, 1.54) is 0 Å². The second-order valence-corrected chi connectivity index (χ2v) is 3.49. The topological polar surface area (TPSA) is 72.9 Å². The zero-order chi connectivity index (χ0) is 10.4. The lowest BCUT2D eigenvalue weighted by atomic mass is 10.2. The molecule has 0 radical (unpaired) electrons. The van der Waals surface area contributed by atoms with Crippen LogP contribution in [0.25, 0.3) is 0 Å². The quantitative estimate of drug-likeness (QED) is 0.614. The van der Waals surface area contributed by atoms with Crippen LogP contribution in [0.3, 0.4) is 0 Å². The summed E-state index contributed by atoms with van der Waals surface area (Å²) in [6.07, 6.45) is 5.05. The molecule has 2 aromatic rings. The van der Waals surface area contributed by atoms with Gasteiger partial charge in [-0.2, -0.15) is 0 Å². The third-order valence-corrected chi connectivity index (χ3v) is 2.60. The summed E-state index contributed by atoms with van der Waals surface area (Å²) in [6.45, 7) is 1.16. The maximum Gasteiger partial charge on any atom is 0.356 e. The van der Waals surface area contributed by atoms with Crippen molar-refractivity contribution in [1.82, 2.24) is 19.1 Å². The van der Waals surface area contributed by atoms with Crippen LogP contribution < -0.4 is 0 Å². The van der Waals surface area contributed by atoms with Gasteiger partial charge in [0.05, 0.1) is 37.1 Å². The molecule has 0 atom stereocenters. The molecule has 76 valence electrons. The van der Waals surface area contributed by atoms with Crippen LogP contribution >= 0.6 is 0 Å². The molecule has 15 heavy (non-hydrogen) atoms. The molecule has 6 nitrogen and oxygen atoms in total. The van der Waals surface area contributed by atoms with E-state index < -0.39 is 5.97 Å². The summed E-state index contributed by atoms with van der Waals surface area (Å²) in [7, 11) is 0. The lowest BCUT2D eigenvalue weighted by Crippen LogP contribution is -2.19. The number of fused-ring (bicyclic) bond motifs is 2. The van der Waals surface area contributed by atoms with Gasteiger partial charge in [0, 0.05) is 6.20 Å². The van der Waals surface area contributed by atoms with Crippen molar-refractivity contribution in [3.05, 3.63) is 35.9 Å². The Kier molecular flexibility index (Phi) is 1.47. The fourth-order valence-corrected chi connectivity index (χ4v) is 1.85. The van der Waals surface area contributed by atoms with Crippen molar-refractivity contribution < 1.29 is 9.90 Å². The summed E-state index contributed by atoms with van der Waals surface area (Å²) < 4.78 is 3.78. The summed E-state index contributed by atoms with van der Waals surface area (Å²) in [4.78, 5) is 18.8. The summed E-state index contributed by atoms with van der Waals surface area (Å²) in [5.74, 6) is -0.979. The Morgan fingerprint density at radius 1 is 1.33 bits per heavy atom. The Bertz CT molecular complexity index is 540. The van der Waals surface area contributed by atoms with Gasteiger partial charge in [-0.1, -0.05) is 0 Å². The highest BCUT2D eigenvalue weighted by Gasteiger charge is 2.22. The smallest absolute Gasteiger partial charge is 0.356 e. The molecule has 2 aromatic heterocycles. The van der Waals surface area contributed by atoms with Crippen molar-refractivity contribution in [1.29, 1.82) is 0 Å². The normalized spacial score (nSPS) is 13.3. The Balaban J connectivity index is 2.11. The minimum atomic E-state index is -0.979. The third kappa shape index (κ3) is 1.08. The number of aromatic carboxylic acids is 1. The van der Waals surface area contributed by atoms with Gasteiger partial charge in [-0.3, -0.25) is 0 Å². The molecule has 6 heteroatoms. The highest BCUT2D eigenvalue weighted by atomic mass is 16.4. The van der Waals surface area contributed by atoms with E-state index in [-0.39, 0.29) is 5.69 Å². The number of carbonyl (C=O) groups is 1. The maximum atomic E-state index is 10.9. The fourth-order valence-electron chi connectivity index (χ4n) is 1.85. The number of hydrogen-bond acceptors (Lipinski definition) is 3. The molecule has 1 aliphatic heterocycles. The molecule has 0 saturated carbocycles. The SMILES string of the molecule is O=C(O)c1ncn2c1Cn1cncc1C2. The van der Waals surface area contributed by atoms with E-state index in [9.17, 15) is 4.79 Å². The molecule has 0 unspecified atom stereocenters. The largest absolute Gasteiger partial charge is 0.476 e. The first-order chi connectivity index (χ1) is 7.25. The van der Waals surface area contributed by atoms with Gasteiger partial charge in [0.1, 0.15) is 0 Å². The van der Waals surface area contributed by atoms with Crippen molar-refractivity contribution in [3.8, 4) is 0 Å². The Labute approximate surface area is 84.8 Å². The zero-order valence-electron chi connectivity index (χ0n) is 7.79. The van der Waals surface area contributed by atoms with Crippen molar-refractivity contribution in [2.45, 2.75) is 13.1 Å².